The molecule has 27 heavy (non-hydrogen) atoms. The van der Waals surface area contributed by atoms with Crippen LogP contribution in [0.1, 0.15) is 22.5 Å². The molecule has 2 N–H and O–H groups in total. The van der Waals surface area contributed by atoms with Crippen molar-refractivity contribution in [1.29, 1.82) is 0 Å². The molecule has 0 aliphatic rings. The quantitative estimate of drug-likeness (QED) is 0.482. The van der Waals surface area contributed by atoms with Gasteiger partial charge in [0.2, 0.25) is 7.37 Å². The number of halogens is 1. The number of hydrogen-bond acceptors (Lipinski definition) is 2. The van der Waals surface area contributed by atoms with Gasteiger partial charge in [0.05, 0.1) is 0 Å². The molecule has 3 aromatic carbocycles. The van der Waals surface area contributed by atoms with Gasteiger partial charge < -0.3 is 4.89 Å². The van der Waals surface area contributed by atoms with E-state index >= 15 is 0 Å². The van der Waals surface area contributed by atoms with Crippen molar-refractivity contribution in [3.63, 3.8) is 0 Å². The summed E-state index contributed by atoms with van der Waals surface area (Å²) in [6.45, 7) is 0.508. The van der Waals surface area contributed by atoms with E-state index in [0.29, 0.717) is 18.0 Å². The lowest BCUT2D eigenvalue weighted by atomic mass is 10.2. The lowest BCUT2D eigenvalue weighted by Crippen LogP contribution is -2.22. The summed E-state index contributed by atoms with van der Waals surface area (Å²) in [5.74, 6) is -0.667. The second kappa shape index (κ2) is 9.34. The number of benzene rings is 3. The zero-order valence-corrected chi connectivity index (χ0v) is 16.6. The van der Waals surface area contributed by atoms with Crippen molar-refractivity contribution in [1.82, 2.24) is 5.32 Å². The zero-order valence-electron chi connectivity index (χ0n) is 15.0. The molecule has 140 valence electrons. The molecule has 0 heterocycles. The maximum atomic E-state index is 13.3. The third-order valence-electron chi connectivity index (χ3n) is 4.47. The van der Waals surface area contributed by atoms with Gasteiger partial charge >= 0.3 is 0 Å². The van der Waals surface area contributed by atoms with Crippen LogP contribution in [0.2, 0.25) is 5.02 Å². The molecule has 0 amide bonds. The van der Waals surface area contributed by atoms with E-state index in [0.717, 1.165) is 16.7 Å². The van der Waals surface area contributed by atoms with Crippen molar-refractivity contribution < 1.29 is 9.46 Å². The maximum Gasteiger partial charge on any atom is 0.221 e. The number of rotatable bonds is 8. The minimum atomic E-state index is -3.52. The summed E-state index contributed by atoms with van der Waals surface area (Å²) in [6.07, 6.45) is 0.759. The van der Waals surface area contributed by atoms with E-state index in [-0.39, 0.29) is 6.16 Å². The van der Waals surface area contributed by atoms with Crippen LogP contribution in [-0.4, -0.2) is 11.1 Å². The summed E-state index contributed by atoms with van der Waals surface area (Å²) in [5.41, 5.74) is 2.85. The second-order valence-electron chi connectivity index (χ2n) is 6.54. The average molecular weight is 400 g/mol. The van der Waals surface area contributed by atoms with Gasteiger partial charge in [-0.05, 0) is 35.2 Å². The van der Waals surface area contributed by atoms with Gasteiger partial charge in [0, 0.05) is 17.7 Å². The van der Waals surface area contributed by atoms with Crippen LogP contribution in [0.25, 0.3) is 0 Å². The molecular weight excluding hydrogens is 377 g/mol. The number of nitrogens with one attached hydrogen (secondary N) is 1. The van der Waals surface area contributed by atoms with E-state index in [4.69, 9.17) is 11.6 Å². The highest BCUT2D eigenvalue weighted by Gasteiger charge is 2.31. The Morgan fingerprint density at radius 2 is 1.52 bits per heavy atom. The first-order chi connectivity index (χ1) is 13.0. The highest BCUT2D eigenvalue weighted by molar-refractivity contribution is 7.58. The Hall–Kier alpha value is -1.90. The molecule has 0 bridgehead atoms. The highest BCUT2D eigenvalue weighted by atomic mass is 35.5. The van der Waals surface area contributed by atoms with Crippen LogP contribution in [0.15, 0.2) is 84.9 Å². The van der Waals surface area contributed by atoms with E-state index in [2.05, 4.69) is 5.32 Å². The molecule has 2 unspecified atom stereocenters. The van der Waals surface area contributed by atoms with E-state index in [9.17, 15) is 9.46 Å². The van der Waals surface area contributed by atoms with Gasteiger partial charge in [0.1, 0.15) is 5.78 Å². The van der Waals surface area contributed by atoms with Crippen LogP contribution in [0.5, 0.6) is 0 Å². The lowest BCUT2D eigenvalue weighted by Gasteiger charge is -2.25. The maximum absolute atomic E-state index is 13.3. The fourth-order valence-electron chi connectivity index (χ4n) is 3.04. The summed E-state index contributed by atoms with van der Waals surface area (Å²) >= 11 is 6.13. The van der Waals surface area contributed by atoms with Gasteiger partial charge in [-0.25, -0.2) is 0 Å². The molecule has 3 nitrogen and oxygen atoms in total. The molecule has 3 rings (SSSR count). The second-order valence-corrected chi connectivity index (χ2v) is 9.45. The van der Waals surface area contributed by atoms with Gasteiger partial charge in [0.15, 0.2) is 0 Å². The molecular formula is C22H23ClNO2P. The van der Waals surface area contributed by atoms with Gasteiger partial charge in [-0.1, -0.05) is 84.4 Å². The fraction of sp³-hybridized carbons (Fsp3) is 0.182. The van der Waals surface area contributed by atoms with E-state index < -0.39 is 13.2 Å². The normalized spacial score (nSPS) is 14.4. The molecule has 0 saturated carbocycles. The predicted octanol–water partition coefficient (Wildman–Crippen LogP) is 5.64. The smallest absolute Gasteiger partial charge is 0.221 e. The van der Waals surface area contributed by atoms with Crippen LogP contribution in [0.3, 0.4) is 0 Å². The van der Waals surface area contributed by atoms with Crippen molar-refractivity contribution in [2.24, 2.45) is 0 Å². The fourth-order valence-corrected chi connectivity index (χ4v) is 5.08. The molecule has 2 atom stereocenters. The van der Waals surface area contributed by atoms with Gasteiger partial charge in [0.25, 0.3) is 0 Å². The van der Waals surface area contributed by atoms with Gasteiger partial charge in [-0.15, -0.1) is 0 Å². The Bertz CT molecular complexity index is 902. The molecule has 0 aliphatic carbocycles. The van der Waals surface area contributed by atoms with E-state index in [1.54, 1.807) is 12.1 Å². The number of hydrogen-bond donors (Lipinski definition) is 2. The Morgan fingerprint density at radius 3 is 2.15 bits per heavy atom. The SMILES string of the molecule is O=P(O)(CCc1ccccc1)C(NCc1ccccc1)c1cccc(Cl)c1. The third kappa shape index (κ3) is 5.79. The van der Waals surface area contributed by atoms with Crippen LogP contribution in [0.4, 0.5) is 0 Å². The topological polar surface area (TPSA) is 49.3 Å². The van der Waals surface area contributed by atoms with Crippen LogP contribution < -0.4 is 5.32 Å². The minimum absolute atomic E-state index is 0.204. The molecule has 3 aromatic rings. The first-order valence-corrected chi connectivity index (χ1v) is 11.2. The lowest BCUT2D eigenvalue weighted by molar-refractivity contribution is 0.447. The Balaban J connectivity index is 1.80. The Kier molecular flexibility index (Phi) is 6.87. The minimum Gasteiger partial charge on any atom is -0.343 e. The molecule has 0 saturated heterocycles. The molecule has 0 aliphatic heterocycles. The first-order valence-electron chi connectivity index (χ1n) is 8.93. The van der Waals surface area contributed by atoms with Crippen LogP contribution >= 0.6 is 19.0 Å². The van der Waals surface area contributed by atoms with Gasteiger partial charge in [-0.2, -0.15) is 0 Å². The van der Waals surface area contributed by atoms with E-state index in [1.165, 1.54) is 0 Å². The predicted molar refractivity (Wildman–Crippen MR) is 112 cm³/mol. The third-order valence-corrected chi connectivity index (χ3v) is 6.86. The summed E-state index contributed by atoms with van der Waals surface area (Å²) in [7, 11) is -3.52. The zero-order chi connectivity index (χ0) is 19.1. The largest absolute Gasteiger partial charge is 0.343 e. The van der Waals surface area contributed by atoms with Gasteiger partial charge in [-0.3, -0.25) is 9.88 Å². The summed E-state index contributed by atoms with van der Waals surface area (Å²) < 4.78 is 13.3. The number of aryl methyl sites for hydroxylation is 1. The summed E-state index contributed by atoms with van der Waals surface area (Å²) in [5, 5.41) is 3.84. The average Bonchev–Trinajstić information content (AvgIpc) is 2.68. The van der Waals surface area contributed by atoms with Crippen molar-refractivity contribution in [2.45, 2.75) is 18.7 Å². The monoisotopic (exact) mass is 399 g/mol. The molecule has 0 radical (unpaired) electrons. The highest BCUT2D eigenvalue weighted by Crippen LogP contribution is 2.54. The van der Waals surface area contributed by atoms with Crippen molar-refractivity contribution in [3.05, 3.63) is 107 Å². The molecule has 0 spiro atoms. The standard InChI is InChI=1S/C22H23ClNO2P/c23-21-13-7-12-20(16-21)22(24-17-19-10-5-2-6-11-19)27(25,26)15-14-18-8-3-1-4-9-18/h1-13,16,22,24H,14-15,17H2,(H,25,26). The van der Waals surface area contributed by atoms with Crippen molar-refractivity contribution >= 4 is 19.0 Å². The molecule has 0 fully saturated rings. The molecule has 5 heteroatoms. The summed E-state index contributed by atoms with van der Waals surface area (Å²) in [4.78, 5) is 10.9. The van der Waals surface area contributed by atoms with E-state index in [1.807, 2.05) is 72.8 Å². The van der Waals surface area contributed by atoms with Crippen LogP contribution in [-0.2, 0) is 17.5 Å². The van der Waals surface area contributed by atoms with Crippen molar-refractivity contribution in [2.75, 3.05) is 6.16 Å². The Labute approximate surface area is 165 Å². The Morgan fingerprint density at radius 1 is 0.889 bits per heavy atom. The first kappa shape index (κ1) is 19.9. The molecule has 0 aromatic heterocycles. The van der Waals surface area contributed by atoms with Crippen molar-refractivity contribution in [3.8, 4) is 0 Å². The van der Waals surface area contributed by atoms with Crippen LogP contribution in [0, 0.1) is 0 Å². The summed E-state index contributed by atoms with van der Waals surface area (Å²) in [6, 6.07) is 26.8.